The molecule has 2 fully saturated rings. The topological polar surface area (TPSA) is 105 Å². The molecule has 2 rings (SSSR count). The quantitative estimate of drug-likeness (QED) is 0.692. The SMILES string of the molecule is CC[C@H](C)NC(=O)NC(=O)COC(=O)[C@@H]1CC(=O)N(C2CCCC2)C1. The molecule has 0 aromatic rings. The number of likely N-dealkylation sites (tertiary alicyclic amines) is 1. The molecule has 0 unspecified atom stereocenters. The average Bonchev–Trinajstić information content (AvgIpc) is 3.21. The van der Waals surface area contributed by atoms with E-state index in [1.165, 1.54) is 0 Å². The predicted octanol–water partition coefficient (Wildman–Crippen LogP) is 0.945. The number of amides is 4. The van der Waals surface area contributed by atoms with Gasteiger partial charge >= 0.3 is 12.0 Å². The second kappa shape index (κ2) is 8.82. The maximum atomic E-state index is 12.1. The molecule has 140 valence electrons. The lowest BCUT2D eigenvalue weighted by Gasteiger charge is -2.23. The summed E-state index contributed by atoms with van der Waals surface area (Å²) in [7, 11) is 0. The van der Waals surface area contributed by atoms with Gasteiger partial charge in [0.1, 0.15) is 0 Å². The van der Waals surface area contributed by atoms with E-state index < -0.39 is 30.4 Å². The van der Waals surface area contributed by atoms with E-state index in [1.54, 1.807) is 4.90 Å². The first-order valence-electron chi connectivity index (χ1n) is 8.97. The Hall–Kier alpha value is -2.12. The van der Waals surface area contributed by atoms with Gasteiger partial charge in [-0.3, -0.25) is 19.7 Å². The number of ether oxygens (including phenoxy) is 1. The minimum Gasteiger partial charge on any atom is -0.455 e. The van der Waals surface area contributed by atoms with Crippen molar-refractivity contribution in [2.24, 2.45) is 5.92 Å². The van der Waals surface area contributed by atoms with Crippen LogP contribution in [0, 0.1) is 5.92 Å². The molecule has 1 aliphatic carbocycles. The number of esters is 1. The molecule has 4 amide bonds. The number of carbonyl (C=O) groups excluding carboxylic acids is 4. The van der Waals surface area contributed by atoms with Crippen molar-refractivity contribution >= 4 is 23.8 Å². The second-order valence-electron chi connectivity index (χ2n) is 6.82. The molecule has 0 aromatic heterocycles. The van der Waals surface area contributed by atoms with Crippen LogP contribution >= 0.6 is 0 Å². The van der Waals surface area contributed by atoms with Crippen molar-refractivity contribution in [2.45, 2.75) is 64.5 Å². The summed E-state index contributed by atoms with van der Waals surface area (Å²) in [5.41, 5.74) is 0. The van der Waals surface area contributed by atoms with E-state index in [4.69, 9.17) is 4.74 Å². The molecule has 8 nitrogen and oxygen atoms in total. The van der Waals surface area contributed by atoms with Gasteiger partial charge in [-0.05, 0) is 26.2 Å². The van der Waals surface area contributed by atoms with Crippen molar-refractivity contribution in [2.75, 3.05) is 13.2 Å². The molecule has 8 heteroatoms. The van der Waals surface area contributed by atoms with Gasteiger partial charge in [-0.25, -0.2) is 4.79 Å². The first-order chi connectivity index (χ1) is 11.9. The fourth-order valence-corrected chi connectivity index (χ4v) is 3.24. The van der Waals surface area contributed by atoms with Crippen molar-refractivity contribution in [3.8, 4) is 0 Å². The van der Waals surface area contributed by atoms with Gasteiger partial charge in [-0.2, -0.15) is 0 Å². The Morgan fingerprint density at radius 2 is 1.96 bits per heavy atom. The third kappa shape index (κ3) is 5.44. The van der Waals surface area contributed by atoms with E-state index in [0.29, 0.717) is 6.54 Å². The molecule has 0 spiro atoms. The number of hydrogen-bond acceptors (Lipinski definition) is 5. The van der Waals surface area contributed by atoms with Gasteiger partial charge in [0.05, 0.1) is 5.92 Å². The number of nitrogens with zero attached hydrogens (tertiary/aromatic N) is 1. The summed E-state index contributed by atoms with van der Waals surface area (Å²) >= 11 is 0. The van der Waals surface area contributed by atoms with Crippen LogP contribution < -0.4 is 10.6 Å². The summed E-state index contributed by atoms with van der Waals surface area (Å²) in [6.45, 7) is 3.56. The van der Waals surface area contributed by atoms with Crippen molar-refractivity contribution < 1.29 is 23.9 Å². The zero-order valence-corrected chi connectivity index (χ0v) is 14.9. The van der Waals surface area contributed by atoms with Crippen LogP contribution in [0.5, 0.6) is 0 Å². The molecular weight excluding hydrogens is 326 g/mol. The largest absolute Gasteiger partial charge is 0.455 e. The maximum absolute atomic E-state index is 12.1. The van der Waals surface area contributed by atoms with E-state index in [0.717, 1.165) is 32.1 Å². The monoisotopic (exact) mass is 353 g/mol. The lowest BCUT2D eigenvalue weighted by molar-refractivity contribution is -0.152. The van der Waals surface area contributed by atoms with Crippen LogP contribution in [0.2, 0.25) is 0 Å². The van der Waals surface area contributed by atoms with E-state index in [-0.39, 0.29) is 24.4 Å². The fraction of sp³-hybridized carbons (Fsp3) is 0.765. The summed E-state index contributed by atoms with van der Waals surface area (Å²) in [6, 6.07) is -0.432. The standard InChI is InChI=1S/C17H27N3O5/c1-3-11(2)18-17(24)19-14(21)10-25-16(23)12-8-15(22)20(9-12)13-6-4-5-7-13/h11-13H,3-10H2,1-2H3,(H2,18,19,21,24)/t11-,12+/m0/s1. The van der Waals surface area contributed by atoms with Gasteiger partial charge in [-0.15, -0.1) is 0 Å². The van der Waals surface area contributed by atoms with Crippen molar-refractivity contribution in [1.29, 1.82) is 0 Å². The fourth-order valence-electron chi connectivity index (χ4n) is 3.24. The molecule has 2 aliphatic rings. The van der Waals surface area contributed by atoms with E-state index in [9.17, 15) is 19.2 Å². The first kappa shape index (κ1) is 19.2. The van der Waals surface area contributed by atoms with Crippen LogP contribution in [-0.4, -0.2) is 54.0 Å². The maximum Gasteiger partial charge on any atom is 0.321 e. The van der Waals surface area contributed by atoms with Crippen molar-refractivity contribution in [1.82, 2.24) is 15.5 Å². The lowest BCUT2D eigenvalue weighted by atomic mass is 10.1. The summed E-state index contributed by atoms with van der Waals surface area (Å²) in [5, 5.41) is 4.69. The highest BCUT2D eigenvalue weighted by Gasteiger charge is 2.39. The first-order valence-corrected chi connectivity index (χ1v) is 8.97. The summed E-state index contributed by atoms with van der Waals surface area (Å²) in [5.74, 6) is -1.81. The van der Waals surface area contributed by atoms with Crippen molar-refractivity contribution in [3.63, 3.8) is 0 Å². The van der Waals surface area contributed by atoms with Crippen LogP contribution in [0.25, 0.3) is 0 Å². The smallest absolute Gasteiger partial charge is 0.321 e. The summed E-state index contributed by atoms with van der Waals surface area (Å²) in [4.78, 5) is 49.1. The van der Waals surface area contributed by atoms with Gasteiger partial charge in [0, 0.05) is 25.0 Å². The van der Waals surface area contributed by atoms with Crippen LogP contribution in [-0.2, 0) is 19.1 Å². The third-order valence-electron chi connectivity index (χ3n) is 4.85. The van der Waals surface area contributed by atoms with Gasteiger partial charge in [-0.1, -0.05) is 19.8 Å². The molecule has 2 atom stereocenters. The van der Waals surface area contributed by atoms with Crippen LogP contribution in [0.4, 0.5) is 4.79 Å². The Morgan fingerprint density at radius 3 is 2.60 bits per heavy atom. The zero-order valence-electron chi connectivity index (χ0n) is 14.9. The predicted molar refractivity (Wildman–Crippen MR) is 89.5 cm³/mol. The Kier molecular flexibility index (Phi) is 6.78. The van der Waals surface area contributed by atoms with Gasteiger partial charge in [0.2, 0.25) is 5.91 Å². The Morgan fingerprint density at radius 1 is 1.28 bits per heavy atom. The number of hydrogen-bond donors (Lipinski definition) is 2. The number of nitrogens with one attached hydrogen (secondary N) is 2. The normalized spacial score (nSPS) is 21.9. The molecule has 25 heavy (non-hydrogen) atoms. The number of imide groups is 1. The average molecular weight is 353 g/mol. The van der Waals surface area contributed by atoms with E-state index in [2.05, 4.69) is 10.6 Å². The number of carbonyl (C=O) groups is 4. The number of urea groups is 1. The lowest BCUT2D eigenvalue weighted by Crippen LogP contribution is -2.44. The highest BCUT2D eigenvalue weighted by molar-refractivity contribution is 5.96. The van der Waals surface area contributed by atoms with Gasteiger partial charge in [0.25, 0.3) is 5.91 Å². The molecule has 1 saturated carbocycles. The van der Waals surface area contributed by atoms with E-state index >= 15 is 0 Å². The van der Waals surface area contributed by atoms with Crippen LogP contribution in [0.3, 0.4) is 0 Å². The minimum atomic E-state index is -0.689. The Bertz CT molecular complexity index is 530. The molecule has 0 radical (unpaired) electrons. The zero-order chi connectivity index (χ0) is 18.4. The van der Waals surface area contributed by atoms with Gasteiger partial charge < -0.3 is 15.0 Å². The van der Waals surface area contributed by atoms with Crippen LogP contribution in [0.15, 0.2) is 0 Å². The molecule has 1 heterocycles. The van der Waals surface area contributed by atoms with Gasteiger partial charge in [0.15, 0.2) is 6.61 Å². The Labute approximate surface area is 147 Å². The van der Waals surface area contributed by atoms with Crippen molar-refractivity contribution in [3.05, 3.63) is 0 Å². The molecule has 2 N–H and O–H groups in total. The highest BCUT2D eigenvalue weighted by Crippen LogP contribution is 2.29. The Balaban J connectivity index is 1.72. The summed E-state index contributed by atoms with van der Waals surface area (Å²) < 4.78 is 4.97. The second-order valence-corrected chi connectivity index (χ2v) is 6.82. The highest BCUT2D eigenvalue weighted by atomic mass is 16.5. The molecule has 0 bridgehead atoms. The van der Waals surface area contributed by atoms with Crippen LogP contribution in [0.1, 0.15) is 52.4 Å². The molecule has 1 saturated heterocycles. The number of rotatable bonds is 6. The summed E-state index contributed by atoms with van der Waals surface area (Å²) in [6.07, 6.45) is 5.07. The molecular formula is C17H27N3O5. The van der Waals surface area contributed by atoms with E-state index in [1.807, 2.05) is 13.8 Å². The molecule has 0 aromatic carbocycles. The molecule has 1 aliphatic heterocycles. The minimum absolute atomic E-state index is 0.0220. The third-order valence-corrected chi connectivity index (χ3v) is 4.85.